The molecule has 4 nitrogen and oxygen atoms in total. The van der Waals surface area contributed by atoms with Crippen molar-refractivity contribution < 1.29 is 9.53 Å². The van der Waals surface area contributed by atoms with E-state index in [1.54, 1.807) is 0 Å². The van der Waals surface area contributed by atoms with Gasteiger partial charge < -0.3 is 15.0 Å². The normalized spacial score (nSPS) is 22.3. The van der Waals surface area contributed by atoms with Gasteiger partial charge in [0.05, 0.1) is 12.6 Å². The fourth-order valence-electron chi connectivity index (χ4n) is 2.71. The highest BCUT2D eigenvalue weighted by Crippen LogP contribution is 2.33. The summed E-state index contributed by atoms with van der Waals surface area (Å²) in [6, 6.07) is 3.75. The van der Waals surface area contributed by atoms with Crippen LogP contribution in [0.1, 0.15) is 18.1 Å². The van der Waals surface area contributed by atoms with Crippen LogP contribution in [0, 0.1) is 0 Å². The molecule has 1 unspecified atom stereocenters. The summed E-state index contributed by atoms with van der Waals surface area (Å²) in [5, 5.41) is 3.88. The van der Waals surface area contributed by atoms with E-state index in [0.717, 1.165) is 41.4 Å². The van der Waals surface area contributed by atoms with Crippen molar-refractivity contribution in [3.8, 4) is 5.75 Å². The molecule has 0 aliphatic carbocycles. The number of hydrogen-bond acceptors (Lipinski definition) is 3. The average Bonchev–Trinajstić information content (AvgIpc) is 2.83. The fraction of sp³-hybridized carbons (Fsp3) is 0.500. The molecule has 1 fully saturated rings. The smallest absolute Gasteiger partial charge is 0.239 e. The van der Waals surface area contributed by atoms with Crippen molar-refractivity contribution in [1.29, 1.82) is 0 Å². The Morgan fingerprint density at radius 1 is 1.53 bits per heavy atom. The van der Waals surface area contributed by atoms with Crippen molar-refractivity contribution in [2.45, 2.75) is 25.9 Å². The van der Waals surface area contributed by atoms with E-state index in [0.29, 0.717) is 13.2 Å². The number of nitrogens with zero attached hydrogens (tertiary/aromatic N) is 1. The highest BCUT2D eigenvalue weighted by molar-refractivity contribution is 6.30. The molecule has 0 spiro atoms. The molecule has 0 bridgehead atoms. The van der Waals surface area contributed by atoms with Crippen molar-refractivity contribution >= 4 is 17.5 Å². The van der Waals surface area contributed by atoms with Gasteiger partial charge in [0, 0.05) is 36.6 Å². The highest BCUT2D eigenvalue weighted by atomic mass is 35.5. The molecular formula is C14H17ClN2O2. The molecule has 2 heterocycles. The van der Waals surface area contributed by atoms with Gasteiger partial charge in [0.1, 0.15) is 5.75 Å². The number of piperazine rings is 1. The Morgan fingerprint density at radius 2 is 2.37 bits per heavy atom. The zero-order valence-electron chi connectivity index (χ0n) is 10.9. The molecule has 5 heteroatoms. The number of ether oxygens (including phenoxy) is 1. The average molecular weight is 281 g/mol. The first-order chi connectivity index (χ1) is 9.15. The van der Waals surface area contributed by atoms with Crippen molar-refractivity contribution in [3.63, 3.8) is 0 Å². The predicted molar refractivity (Wildman–Crippen MR) is 73.5 cm³/mol. The maximum Gasteiger partial charge on any atom is 0.239 e. The van der Waals surface area contributed by atoms with E-state index in [1.807, 2.05) is 24.0 Å². The highest BCUT2D eigenvalue weighted by Gasteiger charge is 2.26. The third-order valence-electron chi connectivity index (χ3n) is 3.70. The number of rotatable bonds is 2. The van der Waals surface area contributed by atoms with Gasteiger partial charge in [-0.2, -0.15) is 0 Å². The first kappa shape index (κ1) is 12.8. The Morgan fingerprint density at radius 3 is 3.21 bits per heavy atom. The molecule has 19 heavy (non-hydrogen) atoms. The lowest BCUT2D eigenvalue weighted by molar-refractivity contribution is -0.135. The first-order valence-corrected chi connectivity index (χ1v) is 6.99. The lowest BCUT2D eigenvalue weighted by Gasteiger charge is -2.31. The van der Waals surface area contributed by atoms with E-state index < -0.39 is 0 Å². The van der Waals surface area contributed by atoms with E-state index in [4.69, 9.17) is 16.3 Å². The molecule has 1 amide bonds. The minimum Gasteiger partial charge on any atom is -0.493 e. The molecule has 2 aliphatic heterocycles. The Hall–Kier alpha value is -1.26. The van der Waals surface area contributed by atoms with E-state index in [-0.39, 0.29) is 11.9 Å². The van der Waals surface area contributed by atoms with Gasteiger partial charge in [0.15, 0.2) is 0 Å². The zero-order valence-corrected chi connectivity index (χ0v) is 11.7. The summed E-state index contributed by atoms with van der Waals surface area (Å²) in [4.78, 5) is 14.0. The molecule has 3 rings (SSSR count). The predicted octanol–water partition coefficient (Wildman–Crippen LogP) is 1.60. The van der Waals surface area contributed by atoms with Crippen LogP contribution in [-0.2, 0) is 17.8 Å². The Balaban J connectivity index is 1.85. The lowest BCUT2D eigenvalue weighted by Crippen LogP contribution is -2.53. The third-order valence-corrected chi connectivity index (χ3v) is 3.92. The van der Waals surface area contributed by atoms with Crippen molar-refractivity contribution in [3.05, 3.63) is 28.3 Å². The summed E-state index contributed by atoms with van der Waals surface area (Å²) >= 11 is 6.14. The topological polar surface area (TPSA) is 41.6 Å². The molecule has 2 aliphatic rings. The number of carbonyl (C=O) groups excluding carboxylic acids is 1. The van der Waals surface area contributed by atoms with Crippen LogP contribution in [-0.4, -0.2) is 36.5 Å². The van der Waals surface area contributed by atoms with E-state index >= 15 is 0 Å². The standard InChI is InChI=1S/C14H17ClN2O2/c1-9-14(18)17(4-3-16-9)8-11-7-12(15)6-10-2-5-19-13(10)11/h6-7,9,16H,2-5,8H2,1H3. The number of carbonyl (C=O) groups is 1. The Labute approximate surface area is 117 Å². The van der Waals surface area contributed by atoms with Crippen LogP contribution in [0.4, 0.5) is 0 Å². The Kier molecular flexibility index (Phi) is 3.37. The minimum absolute atomic E-state index is 0.109. The summed E-state index contributed by atoms with van der Waals surface area (Å²) in [6.45, 7) is 4.73. The number of amides is 1. The summed E-state index contributed by atoms with van der Waals surface area (Å²) in [5.41, 5.74) is 2.17. The van der Waals surface area contributed by atoms with E-state index in [9.17, 15) is 4.79 Å². The molecule has 1 N–H and O–H groups in total. The molecule has 1 atom stereocenters. The van der Waals surface area contributed by atoms with Crippen LogP contribution in [0.2, 0.25) is 5.02 Å². The number of nitrogens with one attached hydrogen (secondary N) is 1. The Bertz CT molecular complexity index is 518. The number of hydrogen-bond donors (Lipinski definition) is 1. The molecule has 1 saturated heterocycles. The van der Waals surface area contributed by atoms with Gasteiger partial charge in [0.2, 0.25) is 5.91 Å². The molecule has 1 aromatic rings. The summed E-state index contributed by atoms with van der Waals surface area (Å²) < 4.78 is 5.68. The van der Waals surface area contributed by atoms with E-state index in [1.165, 1.54) is 0 Å². The van der Waals surface area contributed by atoms with Crippen LogP contribution < -0.4 is 10.1 Å². The van der Waals surface area contributed by atoms with Gasteiger partial charge in [-0.05, 0) is 24.6 Å². The molecule has 0 radical (unpaired) electrons. The van der Waals surface area contributed by atoms with Crippen LogP contribution >= 0.6 is 11.6 Å². The van der Waals surface area contributed by atoms with Gasteiger partial charge in [-0.15, -0.1) is 0 Å². The monoisotopic (exact) mass is 280 g/mol. The lowest BCUT2D eigenvalue weighted by atomic mass is 10.1. The second-order valence-electron chi connectivity index (χ2n) is 5.09. The molecule has 0 saturated carbocycles. The van der Waals surface area contributed by atoms with Crippen LogP contribution in [0.15, 0.2) is 12.1 Å². The quantitative estimate of drug-likeness (QED) is 0.895. The van der Waals surface area contributed by atoms with Crippen LogP contribution in [0.25, 0.3) is 0 Å². The van der Waals surface area contributed by atoms with Crippen molar-refractivity contribution in [2.24, 2.45) is 0 Å². The molecular weight excluding hydrogens is 264 g/mol. The van der Waals surface area contributed by atoms with Crippen LogP contribution in [0.3, 0.4) is 0 Å². The van der Waals surface area contributed by atoms with E-state index in [2.05, 4.69) is 5.32 Å². The third kappa shape index (κ3) is 2.42. The largest absolute Gasteiger partial charge is 0.493 e. The maximum atomic E-state index is 12.1. The van der Waals surface area contributed by atoms with Crippen molar-refractivity contribution in [1.82, 2.24) is 10.2 Å². The second kappa shape index (κ2) is 5.02. The van der Waals surface area contributed by atoms with Crippen molar-refractivity contribution in [2.75, 3.05) is 19.7 Å². The summed E-state index contributed by atoms with van der Waals surface area (Å²) in [7, 11) is 0. The van der Waals surface area contributed by atoms with Gasteiger partial charge in [-0.25, -0.2) is 0 Å². The SMILES string of the molecule is CC1NCCN(Cc2cc(Cl)cc3c2OCC3)C1=O. The second-order valence-corrected chi connectivity index (χ2v) is 5.52. The minimum atomic E-state index is -0.109. The number of benzene rings is 1. The van der Waals surface area contributed by atoms with Crippen LogP contribution in [0.5, 0.6) is 5.75 Å². The molecule has 1 aromatic carbocycles. The molecule has 102 valence electrons. The number of halogens is 1. The fourth-order valence-corrected chi connectivity index (χ4v) is 2.98. The first-order valence-electron chi connectivity index (χ1n) is 6.61. The zero-order chi connectivity index (χ0) is 13.4. The van der Waals surface area contributed by atoms with Gasteiger partial charge >= 0.3 is 0 Å². The van der Waals surface area contributed by atoms with Gasteiger partial charge in [-0.3, -0.25) is 4.79 Å². The maximum absolute atomic E-state index is 12.1. The summed E-state index contributed by atoms with van der Waals surface area (Å²) in [6.07, 6.45) is 0.898. The summed E-state index contributed by atoms with van der Waals surface area (Å²) in [5.74, 6) is 1.06. The van der Waals surface area contributed by atoms with Gasteiger partial charge in [-0.1, -0.05) is 11.6 Å². The number of fused-ring (bicyclic) bond motifs is 1. The molecule has 0 aromatic heterocycles. The van der Waals surface area contributed by atoms with Gasteiger partial charge in [0.25, 0.3) is 0 Å².